The van der Waals surface area contributed by atoms with Gasteiger partial charge in [0.2, 0.25) is 0 Å². The molecule has 2 N–H and O–H groups in total. The van der Waals surface area contributed by atoms with Crippen molar-refractivity contribution in [3.63, 3.8) is 0 Å². The van der Waals surface area contributed by atoms with Gasteiger partial charge < -0.3 is 10.6 Å². The Morgan fingerprint density at radius 2 is 2.38 bits per heavy atom. The lowest BCUT2D eigenvalue weighted by atomic mass is 10.0. The van der Waals surface area contributed by atoms with Crippen molar-refractivity contribution in [2.45, 2.75) is 5.92 Å². The number of fused-ring (bicyclic) bond motifs is 1. The van der Waals surface area contributed by atoms with E-state index in [1.807, 2.05) is 13.1 Å². The van der Waals surface area contributed by atoms with Crippen LogP contribution in [0.5, 0.6) is 0 Å². The van der Waals surface area contributed by atoms with E-state index < -0.39 is 0 Å². The molecule has 1 aromatic rings. The van der Waals surface area contributed by atoms with Gasteiger partial charge in [-0.15, -0.1) is 0 Å². The maximum Gasteiger partial charge on any atom is 0.123 e. The molecule has 2 rings (SSSR count). The zero-order chi connectivity index (χ0) is 9.42. The molecule has 0 radical (unpaired) electrons. The number of hydrogen-bond acceptors (Lipinski definition) is 2. The van der Waals surface area contributed by atoms with Crippen molar-refractivity contribution in [1.29, 1.82) is 0 Å². The van der Waals surface area contributed by atoms with Gasteiger partial charge in [-0.1, -0.05) is 0 Å². The summed E-state index contributed by atoms with van der Waals surface area (Å²) in [6, 6.07) is 4.91. The molecule has 2 nitrogen and oxygen atoms in total. The second kappa shape index (κ2) is 3.00. The van der Waals surface area contributed by atoms with Crippen LogP contribution in [-0.4, -0.2) is 20.1 Å². The summed E-state index contributed by atoms with van der Waals surface area (Å²) in [5.41, 5.74) is 7.77. The van der Waals surface area contributed by atoms with Crippen molar-refractivity contribution in [1.82, 2.24) is 0 Å². The minimum atomic E-state index is -0.174. The molecule has 1 atom stereocenters. The van der Waals surface area contributed by atoms with Crippen molar-refractivity contribution < 1.29 is 4.39 Å². The maximum absolute atomic E-state index is 12.9. The first-order valence-corrected chi connectivity index (χ1v) is 4.43. The fourth-order valence-electron chi connectivity index (χ4n) is 1.93. The highest BCUT2D eigenvalue weighted by Crippen LogP contribution is 2.34. The van der Waals surface area contributed by atoms with Crippen LogP contribution in [0.2, 0.25) is 0 Å². The standard InChI is InChI=1S/C10H13FN2/c1-13-6-7(5-12)9-4-8(11)2-3-10(9)13/h2-4,7H,5-6,12H2,1H3. The Labute approximate surface area is 77.2 Å². The molecule has 0 aliphatic carbocycles. The Bertz CT molecular complexity index is 325. The van der Waals surface area contributed by atoms with E-state index in [4.69, 9.17) is 5.73 Å². The van der Waals surface area contributed by atoms with Crippen LogP contribution >= 0.6 is 0 Å². The number of rotatable bonds is 1. The lowest BCUT2D eigenvalue weighted by Gasteiger charge is -2.11. The molecule has 1 heterocycles. The number of benzene rings is 1. The van der Waals surface area contributed by atoms with Gasteiger partial charge in [-0.25, -0.2) is 4.39 Å². The minimum Gasteiger partial charge on any atom is -0.374 e. The Hall–Kier alpha value is -1.09. The van der Waals surface area contributed by atoms with E-state index in [1.165, 1.54) is 6.07 Å². The highest BCUT2D eigenvalue weighted by molar-refractivity contribution is 5.59. The van der Waals surface area contributed by atoms with Crippen molar-refractivity contribution >= 4 is 5.69 Å². The van der Waals surface area contributed by atoms with E-state index >= 15 is 0 Å². The first-order valence-electron chi connectivity index (χ1n) is 4.43. The van der Waals surface area contributed by atoms with E-state index in [1.54, 1.807) is 6.07 Å². The molecule has 13 heavy (non-hydrogen) atoms. The second-order valence-corrected chi connectivity index (χ2v) is 3.52. The van der Waals surface area contributed by atoms with Crippen LogP contribution in [0.4, 0.5) is 10.1 Å². The Balaban J connectivity index is 2.46. The van der Waals surface area contributed by atoms with Crippen LogP contribution in [0.1, 0.15) is 11.5 Å². The fourth-order valence-corrected chi connectivity index (χ4v) is 1.93. The number of nitrogens with zero attached hydrogens (tertiary/aromatic N) is 1. The number of likely N-dealkylation sites (N-methyl/N-ethyl adjacent to an activating group) is 1. The van der Waals surface area contributed by atoms with Gasteiger partial charge in [0, 0.05) is 31.7 Å². The van der Waals surface area contributed by atoms with Crippen LogP contribution in [0.3, 0.4) is 0 Å². The molecular weight excluding hydrogens is 167 g/mol. The summed E-state index contributed by atoms with van der Waals surface area (Å²) in [6.07, 6.45) is 0. The van der Waals surface area contributed by atoms with Gasteiger partial charge in [-0.2, -0.15) is 0 Å². The van der Waals surface area contributed by atoms with Crippen LogP contribution in [0, 0.1) is 5.82 Å². The number of nitrogens with two attached hydrogens (primary N) is 1. The summed E-state index contributed by atoms with van der Waals surface area (Å²) >= 11 is 0. The molecule has 0 aromatic heterocycles. The van der Waals surface area contributed by atoms with Gasteiger partial charge in [0.1, 0.15) is 5.82 Å². The van der Waals surface area contributed by atoms with Crippen LogP contribution in [0.25, 0.3) is 0 Å². The molecule has 0 bridgehead atoms. The average molecular weight is 180 g/mol. The largest absolute Gasteiger partial charge is 0.374 e. The molecule has 0 saturated heterocycles. The summed E-state index contributed by atoms with van der Waals surface area (Å²) in [6.45, 7) is 1.48. The third-order valence-electron chi connectivity index (χ3n) is 2.62. The van der Waals surface area contributed by atoms with E-state index in [-0.39, 0.29) is 11.7 Å². The minimum absolute atomic E-state index is 0.174. The molecule has 0 spiro atoms. The molecule has 1 aliphatic heterocycles. The molecule has 3 heteroatoms. The summed E-state index contributed by atoms with van der Waals surface area (Å²) in [5, 5.41) is 0. The van der Waals surface area contributed by atoms with Gasteiger partial charge in [0.15, 0.2) is 0 Å². The summed E-state index contributed by atoms with van der Waals surface area (Å²) < 4.78 is 12.9. The van der Waals surface area contributed by atoms with Crippen LogP contribution < -0.4 is 10.6 Å². The van der Waals surface area contributed by atoms with E-state index in [0.29, 0.717) is 6.54 Å². The maximum atomic E-state index is 12.9. The molecular formula is C10H13FN2. The first-order chi connectivity index (χ1) is 6.22. The zero-order valence-corrected chi connectivity index (χ0v) is 7.63. The highest BCUT2D eigenvalue weighted by Gasteiger charge is 2.25. The first kappa shape index (κ1) is 8.51. The van der Waals surface area contributed by atoms with Crippen molar-refractivity contribution in [2.75, 3.05) is 25.0 Å². The van der Waals surface area contributed by atoms with Crippen molar-refractivity contribution in [3.8, 4) is 0 Å². The Morgan fingerprint density at radius 3 is 3.08 bits per heavy atom. The molecule has 0 amide bonds. The van der Waals surface area contributed by atoms with E-state index in [9.17, 15) is 4.39 Å². The predicted octanol–water partition coefficient (Wildman–Crippen LogP) is 1.32. The van der Waals surface area contributed by atoms with E-state index in [0.717, 1.165) is 17.8 Å². The number of hydrogen-bond donors (Lipinski definition) is 1. The normalized spacial score (nSPS) is 20.5. The van der Waals surface area contributed by atoms with Gasteiger partial charge in [0.25, 0.3) is 0 Å². The lowest BCUT2D eigenvalue weighted by molar-refractivity contribution is 0.623. The van der Waals surface area contributed by atoms with Gasteiger partial charge in [-0.3, -0.25) is 0 Å². The molecule has 0 fully saturated rings. The third kappa shape index (κ3) is 1.29. The summed E-state index contributed by atoms with van der Waals surface area (Å²) in [4.78, 5) is 2.12. The molecule has 70 valence electrons. The van der Waals surface area contributed by atoms with Crippen molar-refractivity contribution in [3.05, 3.63) is 29.6 Å². The number of halogens is 1. The average Bonchev–Trinajstić information content (AvgIpc) is 2.42. The topological polar surface area (TPSA) is 29.3 Å². The zero-order valence-electron chi connectivity index (χ0n) is 7.63. The number of anilines is 1. The third-order valence-corrected chi connectivity index (χ3v) is 2.62. The fraction of sp³-hybridized carbons (Fsp3) is 0.400. The van der Waals surface area contributed by atoms with Gasteiger partial charge in [0.05, 0.1) is 0 Å². The van der Waals surface area contributed by atoms with Crippen molar-refractivity contribution in [2.24, 2.45) is 5.73 Å². The second-order valence-electron chi connectivity index (χ2n) is 3.52. The quantitative estimate of drug-likeness (QED) is 0.706. The molecule has 1 aliphatic rings. The Kier molecular flexibility index (Phi) is 1.96. The van der Waals surface area contributed by atoms with Gasteiger partial charge in [-0.05, 0) is 23.8 Å². The van der Waals surface area contributed by atoms with Crippen LogP contribution in [-0.2, 0) is 0 Å². The molecule has 1 aromatic carbocycles. The SMILES string of the molecule is CN1CC(CN)c2cc(F)ccc21. The monoisotopic (exact) mass is 180 g/mol. The lowest BCUT2D eigenvalue weighted by Crippen LogP contribution is -2.20. The van der Waals surface area contributed by atoms with Crippen LogP contribution in [0.15, 0.2) is 18.2 Å². The summed E-state index contributed by atoms with van der Waals surface area (Å²) in [5.74, 6) is 0.114. The highest BCUT2D eigenvalue weighted by atomic mass is 19.1. The molecule has 0 saturated carbocycles. The Morgan fingerprint density at radius 1 is 1.62 bits per heavy atom. The predicted molar refractivity (Wildman–Crippen MR) is 51.5 cm³/mol. The smallest absolute Gasteiger partial charge is 0.123 e. The van der Waals surface area contributed by atoms with Gasteiger partial charge >= 0.3 is 0 Å². The van der Waals surface area contributed by atoms with E-state index in [2.05, 4.69) is 4.90 Å². The summed E-state index contributed by atoms with van der Waals surface area (Å²) in [7, 11) is 2.01. The molecule has 1 unspecified atom stereocenters.